The maximum Gasteiger partial charge on any atom is 0.334 e. The van der Waals surface area contributed by atoms with E-state index in [0.29, 0.717) is 5.57 Å². The molecule has 0 aliphatic rings. The highest BCUT2D eigenvalue weighted by Gasteiger charge is 2.16. The van der Waals surface area contributed by atoms with Gasteiger partial charge >= 0.3 is 5.97 Å². The second kappa shape index (κ2) is 15.7. The second-order valence-electron chi connectivity index (χ2n) is 7.28. The molecule has 0 aliphatic carbocycles. The first-order valence-electron chi connectivity index (χ1n) is 10.0. The SMILES string of the molecule is C=C(C)C(=O)OC(CCCCCCCCCCCCCC)N(C)C. The zero-order valence-electron chi connectivity index (χ0n) is 16.7. The van der Waals surface area contributed by atoms with E-state index >= 15 is 0 Å². The lowest BCUT2D eigenvalue weighted by Crippen LogP contribution is -2.33. The quantitative estimate of drug-likeness (QED) is 0.148. The van der Waals surface area contributed by atoms with Gasteiger partial charge in [-0.3, -0.25) is 4.90 Å². The maximum atomic E-state index is 11.6. The van der Waals surface area contributed by atoms with E-state index in [0.717, 1.165) is 12.8 Å². The molecule has 0 aromatic heterocycles. The Morgan fingerprint density at radius 3 is 1.67 bits per heavy atom. The topological polar surface area (TPSA) is 29.5 Å². The molecule has 0 bridgehead atoms. The second-order valence-corrected chi connectivity index (χ2v) is 7.28. The summed E-state index contributed by atoms with van der Waals surface area (Å²) >= 11 is 0. The summed E-state index contributed by atoms with van der Waals surface area (Å²) in [7, 11) is 3.91. The van der Waals surface area contributed by atoms with Crippen molar-refractivity contribution >= 4 is 5.97 Å². The number of carbonyl (C=O) groups excluding carboxylic acids is 1. The molecule has 0 N–H and O–H groups in total. The van der Waals surface area contributed by atoms with Crippen LogP contribution >= 0.6 is 0 Å². The Hall–Kier alpha value is -0.830. The third-order valence-electron chi connectivity index (χ3n) is 4.47. The molecule has 0 rings (SSSR count). The molecule has 0 aromatic carbocycles. The minimum Gasteiger partial charge on any atom is -0.443 e. The van der Waals surface area contributed by atoms with Gasteiger partial charge in [0.1, 0.15) is 0 Å². The summed E-state index contributed by atoms with van der Waals surface area (Å²) in [6, 6.07) is 0. The van der Waals surface area contributed by atoms with E-state index in [1.54, 1.807) is 6.92 Å². The number of unbranched alkanes of at least 4 members (excludes halogenated alkanes) is 11. The zero-order valence-corrected chi connectivity index (χ0v) is 16.7. The van der Waals surface area contributed by atoms with Gasteiger partial charge in [-0.25, -0.2) is 4.79 Å². The molecule has 0 spiro atoms. The monoisotopic (exact) mass is 339 g/mol. The van der Waals surface area contributed by atoms with Crippen molar-refractivity contribution in [1.29, 1.82) is 0 Å². The van der Waals surface area contributed by atoms with Crippen molar-refractivity contribution in [1.82, 2.24) is 4.90 Å². The van der Waals surface area contributed by atoms with Crippen LogP contribution < -0.4 is 0 Å². The Bertz CT molecular complexity index is 326. The fourth-order valence-corrected chi connectivity index (χ4v) is 2.81. The molecule has 0 saturated heterocycles. The Morgan fingerprint density at radius 2 is 1.29 bits per heavy atom. The highest BCUT2D eigenvalue weighted by molar-refractivity contribution is 5.87. The van der Waals surface area contributed by atoms with E-state index in [-0.39, 0.29) is 12.2 Å². The molecule has 3 heteroatoms. The van der Waals surface area contributed by atoms with Gasteiger partial charge in [0.15, 0.2) is 6.23 Å². The average Bonchev–Trinajstić information content (AvgIpc) is 2.54. The van der Waals surface area contributed by atoms with E-state index in [4.69, 9.17) is 4.74 Å². The third kappa shape index (κ3) is 13.6. The molecule has 0 radical (unpaired) electrons. The predicted octanol–water partition coefficient (Wildman–Crippen LogP) is 6.08. The lowest BCUT2D eigenvalue weighted by Gasteiger charge is -2.24. The van der Waals surface area contributed by atoms with Crippen LogP contribution in [0.2, 0.25) is 0 Å². The first kappa shape index (κ1) is 23.2. The van der Waals surface area contributed by atoms with Gasteiger partial charge in [-0.1, -0.05) is 84.1 Å². The molecular formula is C21H41NO2. The van der Waals surface area contributed by atoms with Gasteiger partial charge in [-0.2, -0.15) is 0 Å². The van der Waals surface area contributed by atoms with Crippen molar-refractivity contribution in [2.24, 2.45) is 0 Å². The van der Waals surface area contributed by atoms with Crippen LogP contribution in [0.15, 0.2) is 12.2 Å². The van der Waals surface area contributed by atoms with Gasteiger partial charge in [0.25, 0.3) is 0 Å². The lowest BCUT2D eigenvalue weighted by molar-refractivity contribution is -0.152. The third-order valence-corrected chi connectivity index (χ3v) is 4.47. The van der Waals surface area contributed by atoms with Gasteiger partial charge < -0.3 is 4.74 Å². The van der Waals surface area contributed by atoms with Crippen LogP contribution in [0.5, 0.6) is 0 Å². The van der Waals surface area contributed by atoms with Gasteiger partial charge in [-0.15, -0.1) is 0 Å². The zero-order chi connectivity index (χ0) is 18.2. The molecule has 0 fully saturated rings. The first-order chi connectivity index (χ1) is 11.5. The highest BCUT2D eigenvalue weighted by atomic mass is 16.6. The molecule has 0 aromatic rings. The van der Waals surface area contributed by atoms with Crippen LogP contribution in [-0.4, -0.2) is 31.2 Å². The van der Waals surface area contributed by atoms with E-state index in [1.165, 1.54) is 70.6 Å². The van der Waals surface area contributed by atoms with Crippen LogP contribution in [0.3, 0.4) is 0 Å². The summed E-state index contributed by atoms with van der Waals surface area (Å²) in [5, 5.41) is 0. The fraction of sp³-hybridized carbons (Fsp3) is 0.857. The number of hydrogen-bond donors (Lipinski definition) is 0. The normalized spacial score (nSPS) is 12.4. The maximum absolute atomic E-state index is 11.6. The molecule has 0 amide bonds. The van der Waals surface area contributed by atoms with Gasteiger partial charge in [-0.05, 0) is 33.9 Å². The summed E-state index contributed by atoms with van der Waals surface area (Å²) < 4.78 is 5.46. The van der Waals surface area contributed by atoms with Crippen LogP contribution in [-0.2, 0) is 9.53 Å². The van der Waals surface area contributed by atoms with Crippen LogP contribution in [0.1, 0.15) is 97.3 Å². The Kier molecular flexibility index (Phi) is 15.1. The van der Waals surface area contributed by atoms with E-state index in [1.807, 2.05) is 19.0 Å². The van der Waals surface area contributed by atoms with Gasteiger partial charge in [0.05, 0.1) is 0 Å². The van der Waals surface area contributed by atoms with Crippen molar-refractivity contribution in [3.63, 3.8) is 0 Å². The van der Waals surface area contributed by atoms with Gasteiger partial charge in [0.2, 0.25) is 0 Å². The summed E-state index contributed by atoms with van der Waals surface area (Å²) in [5.74, 6) is -0.285. The molecular weight excluding hydrogens is 298 g/mol. The predicted molar refractivity (Wildman–Crippen MR) is 104 cm³/mol. The van der Waals surface area contributed by atoms with E-state index in [2.05, 4.69) is 13.5 Å². The minimum atomic E-state index is -0.285. The number of nitrogens with zero attached hydrogens (tertiary/aromatic N) is 1. The number of carbonyl (C=O) groups is 1. The Labute approximate surface area is 150 Å². The highest BCUT2D eigenvalue weighted by Crippen LogP contribution is 2.15. The van der Waals surface area contributed by atoms with Crippen molar-refractivity contribution in [2.75, 3.05) is 14.1 Å². The summed E-state index contributed by atoms with van der Waals surface area (Å²) in [4.78, 5) is 13.6. The molecule has 24 heavy (non-hydrogen) atoms. The standard InChI is InChI=1S/C21H41NO2/c1-6-7-8-9-10-11-12-13-14-15-16-17-18-20(22(4)5)24-21(23)19(2)3/h20H,2,6-18H2,1,3-5H3. The van der Waals surface area contributed by atoms with E-state index < -0.39 is 0 Å². The number of esters is 1. The first-order valence-corrected chi connectivity index (χ1v) is 10.0. The Balaban J connectivity index is 3.52. The minimum absolute atomic E-state index is 0.127. The molecule has 142 valence electrons. The molecule has 0 aliphatic heterocycles. The van der Waals surface area contributed by atoms with Crippen molar-refractivity contribution in [3.8, 4) is 0 Å². The molecule has 0 saturated carbocycles. The van der Waals surface area contributed by atoms with Crippen molar-refractivity contribution in [3.05, 3.63) is 12.2 Å². The van der Waals surface area contributed by atoms with Crippen molar-refractivity contribution < 1.29 is 9.53 Å². The van der Waals surface area contributed by atoms with Gasteiger partial charge in [0, 0.05) is 5.57 Å². The molecule has 1 atom stereocenters. The fourth-order valence-electron chi connectivity index (χ4n) is 2.81. The molecule has 0 heterocycles. The van der Waals surface area contributed by atoms with E-state index in [9.17, 15) is 4.79 Å². The molecule has 1 unspecified atom stereocenters. The number of hydrogen-bond acceptors (Lipinski definition) is 3. The average molecular weight is 340 g/mol. The summed E-state index contributed by atoms with van der Waals surface area (Å²) in [5.41, 5.74) is 0.469. The van der Waals surface area contributed by atoms with Crippen LogP contribution in [0.25, 0.3) is 0 Å². The van der Waals surface area contributed by atoms with Crippen molar-refractivity contribution in [2.45, 2.75) is 104 Å². The van der Waals surface area contributed by atoms with Crippen LogP contribution in [0, 0.1) is 0 Å². The Morgan fingerprint density at radius 1 is 0.875 bits per heavy atom. The lowest BCUT2D eigenvalue weighted by atomic mass is 10.0. The smallest absolute Gasteiger partial charge is 0.334 e. The summed E-state index contributed by atoms with van der Waals surface area (Å²) in [6.45, 7) is 7.60. The van der Waals surface area contributed by atoms with Crippen LogP contribution in [0.4, 0.5) is 0 Å². The number of ether oxygens (including phenoxy) is 1. The molecule has 3 nitrogen and oxygen atoms in total. The largest absolute Gasteiger partial charge is 0.443 e. The summed E-state index contributed by atoms with van der Waals surface area (Å²) in [6.07, 6.45) is 16.9. The number of rotatable bonds is 16.